The number of halogens is 1. The molecule has 0 bridgehead atoms. The van der Waals surface area contributed by atoms with E-state index in [0.29, 0.717) is 22.5 Å². The third-order valence-corrected chi connectivity index (χ3v) is 4.49. The molecule has 0 unspecified atom stereocenters. The van der Waals surface area contributed by atoms with E-state index in [1.165, 1.54) is 37.8 Å². The van der Waals surface area contributed by atoms with E-state index < -0.39 is 5.97 Å². The van der Waals surface area contributed by atoms with Crippen molar-refractivity contribution in [1.82, 2.24) is 9.97 Å². The lowest BCUT2D eigenvalue weighted by Crippen LogP contribution is -2.13. The second kappa shape index (κ2) is 10.8. The van der Waals surface area contributed by atoms with Gasteiger partial charge in [0.2, 0.25) is 0 Å². The predicted octanol–water partition coefficient (Wildman–Crippen LogP) is 5.67. The summed E-state index contributed by atoms with van der Waals surface area (Å²) in [7, 11) is 0. The van der Waals surface area contributed by atoms with Gasteiger partial charge in [-0.3, -0.25) is 0 Å². The first kappa shape index (κ1) is 21.0. The molecule has 1 aromatic heterocycles. The SMILES string of the molecule is CCCCCCCCc1nc(C)c(C(=O)OCC)c(-c2ccc(F)cc2)n1. The summed E-state index contributed by atoms with van der Waals surface area (Å²) < 4.78 is 18.5. The molecule has 0 fully saturated rings. The molecule has 0 radical (unpaired) electrons. The van der Waals surface area contributed by atoms with E-state index in [0.717, 1.165) is 25.1 Å². The normalized spacial score (nSPS) is 10.8. The molecule has 0 saturated heterocycles. The van der Waals surface area contributed by atoms with Crippen LogP contribution in [-0.2, 0) is 11.2 Å². The largest absolute Gasteiger partial charge is 0.462 e. The fraction of sp³-hybridized carbons (Fsp3) is 0.500. The number of carbonyl (C=O) groups is 1. The van der Waals surface area contributed by atoms with Crippen LogP contribution in [0, 0.1) is 12.7 Å². The van der Waals surface area contributed by atoms with Crippen molar-refractivity contribution in [3.8, 4) is 11.3 Å². The van der Waals surface area contributed by atoms with Crippen molar-refractivity contribution in [3.63, 3.8) is 0 Å². The maximum atomic E-state index is 13.3. The monoisotopic (exact) mass is 372 g/mol. The number of aryl methyl sites for hydroxylation is 2. The molecule has 0 aliphatic rings. The van der Waals surface area contributed by atoms with Gasteiger partial charge in [0.1, 0.15) is 17.2 Å². The Morgan fingerprint density at radius 2 is 1.67 bits per heavy atom. The van der Waals surface area contributed by atoms with E-state index in [2.05, 4.69) is 16.9 Å². The minimum absolute atomic E-state index is 0.278. The fourth-order valence-electron chi connectivity index (χ4n) is 3.07. The summed E-state index contributed by atoms with van der Waals surface area (Å²) in [5, 5.41) is 0. The van der Waals surface area contributed by atoms with Crippen molar-refractivity contribution < 1.29 is 13.9 Å². The van der Waals surface area contributed by atoms with E-state index in [4.69, 9.17) is 4.74 Å². The molecule has 0 saturated carbocycles. The first-order valence-corrected chi connectivity index (χ1v) is 9.87. The Balaban J connectivity index is 2.25. The Bertz CT molecular complexity index is 745. The molecule has 0 aliphatic carbocycles. The second-order valence-electron chi connectivity index (χ2n) is 6.69. The van der Waals surface area contributed by atoms with Crippen molar-refractivity contribution >= 4 is 5.97 Å². The summed E-state index contributed by atoms with van der Waals surface area (Å²) in [6.45, 7) is 6.05. The Morgan fingerprint density at radius 3 is 2.33 bits per heavy atom. The molecule has 0 atom stereocenters. The lowest BCUT2D eigenvalue weighted by molar-refractivity contribution is 0.0525. The van der Waals surface area contributed by atoms with Crippen LogP contribution >= 0.6 is 0 Å². The topological polar surface area (TPSA) is 52.1 Å². The molecular formula is C22H29FN2O2. The van der Waals surface area contributed by atoms with Gasteiger partial charge >= 0.3 is 5.97 Å². The average molecular weight is 372 g/mol. The number of hydrogen-bond acceptors (Lipinski definition) is 4. The van der Waals surface area contributed by atoms with Crippen molar-refractivity contribution in [2.24, 2.45) is 0 Å². The van der Waals surface area contributed by atoms with Crippen molar-refractivity contribution in [1.29, 1.82) is 0 Å². The van der Waals surface area contributed by atoms with Crippen LogP contribution in [0.5, 0.6) is 0 Å². The summed E-state index contributed by atoms with van der Waals surface area (Å²) in [5.74, 6) is -0.0506. The molecule has 5 heteroatoms. The molecule has 0 amide bonds. The van der Waals surface area contributed by atoms with Crippen LogP contribution in [0.2, 0.25) is 0 Å². The number of nitrogens with zero attached hydrogens (tertiary/aromatic N) is 2. The van der Waals surface area contributed by atoms with Crippen molar-refractivity contribution in [2.45, 2.75) is 65.7 Å². The third-order valence-electron chi connectivity index (χ3n) is 4.49. The van der Waals surface area contributed by atoms with Gasteiger partial charge in [0.05, 0.1) is 18.0 Å². The predicted molar refractivity (Wildman–Crippen MR) is 105 cm³/mol. The van der Waals surface area contributed by atoms with Gasteiger partial charge < -0.3 is 4.74 Å². The van der Waals surface area contributed by atoms with Crippen LogP contribution in [0.1, 0.15) is 74.2 Å². The summed E-state index contributed by atoms with van der Waals surface area (Å²) in [6.07, 6.45) is 7.93. The van der Waals surface area contributed by atoms with E-state index in [9.17, 15) is 9.18 Å². The van der Waals surface area contributed by atoms with E-state index >= 15 is 0 Å². The quantitative estimate of drug-likeness (QED) is 0.398. The highest BCUT2D eigenvalue weighted by molar-refractivity contribution is 5.97. The fourth-order valence-corrected chi connectivity index (χ4v) is 3.07. The molecule has 0 N–H and O–H groups in total. The Morgan fingerprint density at radius 1 is 1.00 bits per heavy atom. The first-order valence-electron chi connectivity index (χ1n) is 9.87. The highest BCUT2D eigenvalue weighted by Crippen LogP contribution is 2.25. The number of esters is 1. The number of rotatable bonds is 10. The van der Waals surface area contributed by atoms with Gasteiger partial charge in [-0.05, 0) is 44.5 Å². The molecule has 146 valence electrons. The highest BCUT2D eigenvalue weighted by atomic mass is 19.1. The molecule has 2 aromatic rings. The third kappa shape index (κ3) is 6.12. The zero-order valence-electron chi connectivity index (χ0n) is 16.6. The van der Waals surface area contributed by atoms with E-state index in [1.807, 2.05) is 0 Å². The van der Waals surface area contributed by atoms with E-state index in [1.54, 1.807) is 26.0 Å². The number of unbranched alkanes of at least 4 members (excludes halogenated alkanes) is 5. The molecule has 0 spiro atoms. The molecular weight excluding hydrogens is 343 g/mol. The summed E-state index contributed by atoms with van der Waals surface area (Å²) in [6, 6.07) is 6.01. The number of benzene rings is 1. The molecule has 0 aliphatic heterocycles. The maximum Gasteiger partial charge on any atom is 0.342 e. The number of hydrogen-bond donors (Lipinski definition) is 0. The summed E-state index contributed by atoms with van der Waals surface area (Å²) in [4.78, 5) is 21.6. The number of carbonyl (C=O) groups excluding carboxylic acids is 1. The lowest BCUT2D eigenvalue weighted by Gasteiger charge is -2.13. The van der Waals surface area contributed by atoms with Crippen LogP contribution in [0.3, 0.4) is 0 Å². The van der Waals surface area contributed by atoms with E-state index in [-0.39, 0.29) is 12.4 Å². The van der Waals surface area contributed by atoms with Crippen LogP contribution in [0.4, 0.5) is 4.39 Å². The maximum absolute atomic E-state index is 13.3. The minimum Gasteiger partial charge on any atom is -0.462 e. The highest BCUT2D eigenvalue weighted by Gasteiger charge is 2.21. The first-order chi connectivity index (χ1) is 13.1. The molecule has 27 heavy (non-hydrogen) atoms. The van der Waals surface area contributed by atoms with Crippen LogP contribution in [0.25, 0.3) is 11.3 Å². The Kier molecular flexibility index (Phi) is 8.37. The number of ether oxygens (including phenoxy) is 1. The van der Waals surface area contributed by atoms with Crippen LogP contribution < -0.4 is 0 Å². The average Bonchev–Trinajstić information content (AvgIpc) is 2.65. The molecule has 4 nitrogen and oxygen atoms in total. The van der Waals surface area contributed by atoms with Gasteiger partial charge in [0.15, 0.2) is 0 Å². The van der Waals surface area contributed by atoms with Crippen molar-refractivity contribution in [2.75, 3.05) is 6.61 Å². The van der Waals surface area contributed by atoms with Gasteiger partial charge in [-0.2, -0.15) is 0 Å². The van der Waals surface area contributed by atoms with Crippen molar-refractivity contribution in [3.05, 3.63) is 47.2 Å². The van der Waals surface area contributed by atoms with Gasteiger partial charge in [-0.25, -0.2) is 19.2 Å². The lowest BCUT2D eigenvalue weighted by atomic mass is 10.0. The standard InChI is InChI=1S/C22H29FN2O2/c1-4-6-7-8-9-10-11-19-24-16(3)20(22(26)27-5-2)21(25-19)17-12-14-18(23)15-13-17/h12-15H,4-11H2,1-3H3. The van der Waals surface area contributed by atoms with Gasteiger partial charge in [0, 0.05) is 12.0 Å². The minimum atomic E-state index is -0.444. The molecule has 1 aromatic carbocycles. The summed E-state index contributed by atoms with van der Waals surface area (Å²) >= 11 is 0. The smallest absolute Gasteiger partial charge is 0.342 e. The van der Waals surface area contributed by atoms with Gasteiger partial charge in [-0.1, -0.05) is 39.0 Å². The Labute approximate surface area is 161 Å². The molecule has 1 heterocycles. The second-order valence-corrected chi connectivity index (χ2v) is 6.69. The zero-order valence-corrected chi connectivity index (χ0v) is 16.6. The summed E-state index contributed by atoms with van der Waals surface area (Å²) in [5.41, 5.74) is 2.16. The van der Waals surface area contributed by atoms with Gasteiger partial charge in [-0.15, -0.1) is 0 Å². The Hall–Kier alpha value is -2.30. The molecule has 2 rings (SSSR count). The zero-order chi connectivity index (χ0) is 19.6. The number of aromatic nitrogens is 2. The van der Waals surface area contributed by atoms with Crippen LogP contribution in [-0.4, -0.2) is 22.5 Å². The van der Waals surface area contributed by atoms with Gasteiger partial charge in [0.25, 0.3) is 0 Å². The van der Waals surface area contributed by atoms with Crippen LogP contribution in [0.15, 0.2) is 24.3 Å².